The lowest BCUT2D eigenvalue weighted by molar-refractivity contribution is -0.147. The van der Waals surface area contributed by atoms with E-state index in [0.29, 0.717) is 54.9 Å². The smallest absolute Gasteiger partial charge is 0.294 e. The summed E-state index contributed by atoms with van der Waals surface area (Å²) >= 11 is 5.87. The minimum absolute atomic E-state index is 0.0466. The van der Waals surface area contributed by atoms with Crippen molar-refractivity contribution in [2.45, 2.75) is 38.6 Å². The second kappa shape index (κ2) is 10.8. The Labute approximate surface area is 223 Å². The van der Waals surface area contributed by atoms with Gasteiger partial charge in [0.1, 0.15) is 17.0 Å². The number of anilines is 2. The molecule has 2 fully saturated rings. The Balaban J connectivity index is 1.26. The lowest BCUT2D eigenvalue weighted by atomic mass is 9.84. The van der Waals surface area contributed by atoms with Gasteiger partial charge in [-0.05, 0) is 49.9 Å². The summed E-state index contributed by atoms with van der Waals surface area (Å²) in [4.78, 5) is 62.3. The van der Waals surface area contributed by atoms with Gasteiger partial charge >= 0.3 is 0 Å². The minimum atomic E-state index is -0.583. The van der Waals surface area contributed by atoms with Crippen molar-refractivity contribution in [2.24, 2.45) is 5.92 Å². The van der Waals surface area contributed by atoms with Gasteiger partial charge in [0, 0.05) is 44.4 Å². The standard InChI is InChI=1S/C26H27ClN6O5/c1-15(34)32-11-12-33(21(35)14-32)18-7-4-16(5-8-18)25(36)31-23-22-19(3-2-10-28-22)38-24(23)26(37)30-20-9-6-17(27)13-29-20/h2-3,6,9-10,13,16,18H,4-5,7-8,11-12,14H2,1H3,(H,31,36)(H,29,30,37)/t16-,18-. The van der Waals surface area contributed by atoms with E-state index in [9.17, 15) is 19.2 Å². The molecule has 1 saturated heterocycles. The number of hydrogen-bond acceptors (Lipinski definition) is 7. The normalized spacial score (nSPS) is 19.9. The van der Waals surface area contributed by atoms with Gasteiger partial charge in [-0.25, -0.2) is 4.98 Å². The highest BCUT2D eigenvalue weighted by atomic mass is 35.5. The first-order chi connectivity index (χ1) is 18.3. The van der Waals surface area contributed by atoms with E-state index < -0.39 is 5.91 Å². The number of carbonyl (C=O) groups excluding carboxylic acids is 4. The summed E-state index contributed by atoms with van der Waals surface area (Å²) in [5.41, 5.74) is 0.941. The molecule has 1 saturated carbocycles. The number of rotatable bonds is 5. The molecule has 4 heterocycles. The maximum Gasteiger partial charge on any atom is 0.294 e. The van der Waals surface area contributed by atoms with Gasteiger partial charge in [-0.3, -0.25) is 24.2 Å². The maximum absolute atomic E-state index is 13.3. The van der Waals surface area contributed by atoms with E-state index in [-0.39, 0.29) is 53.5 Å². The van der Waals surface area contributed by atoms with Crippen LogP contribution in [0.3, 0.4) is 0 Å². The van der Waals surface area contributed by atoms with Crippen LogP contribution in [0.4, 0.5) is 11.5 Å². The predicted octanol–water partition coefficient (Wildman–Crippen LogP) is 3.32. The molecule has 0 bridgehead atoms. The highest BCUT2D eigenvalue weighted by Gasteiger charge is 2.35. The molecule has 2 aliphatic rings. The van der Waals surface area contributed by atoms with E-state index in [1.165, 1.54) is 13.1 Å². The topological polar surface area (TPSA) is 138 Å². The van der Waals surface area contributed by atoms with Crippen molar-refractivity contribution in [3.05, 3.63) is 47.4 Å². The van der Waals surface area contributed by atoms with Crippen LogP contribution in [-0.2, 0) is 14.4 Å². The largest absolute Gasteiger partial charge is 0.447 e. The lowest BCUT2D eigenvalue weighted by Crippen LogP contribution is -2.55. The Morgan fingerprint density at radius 3 is 2.53 bits per heavy atom. The fraction of sp³-hybridized carbons (Fsp3) is 0.385. The second-order valence-electron chi connectivity index (χ2n) is 9.49. The predicted molar refractivity (Wildman–Crippen MR) is 140 cm³/mol. The van der Waals surface area contributed by atoms with E-state index in [1.807, 2.05) is 4.90 Å². The second-order valence-corrected chi connectivity index (χ2v) is 9.93. The molecule has 38 heavy (non-hydrogen) atoms. The van der Waals surface area contributed by atoms with Crippen LogP contribution in [0, 0.1) is 5.92 Å². The number of nitrogens with one attached hydrogen (secondary N) is 2. The average Bonchev–Trinajstić information content (AvgIpc) is 3.28. The van der Waals surface area contributed by atoms with E-state index in [1.54, 1.807) is 35.4 Å². The van der Waals surface area contributed by atoms with Crippen LogP contribution in [0.5, 0.6) is 0 Å². The zero-order chi connectivity index (χ0) is 26.8. The van der Waals surface area contributed by atoms with E-state index in [4.69, 9.17) is 16.0 Å². The highest BCUT2D eigenvalue weighted by Crippen LogP contribution is 2.33. The van der Waals surface area contributed by atoms with Gasteiger partial charge in [-0.2, -0.15) is 0 Å². The third kappa shape index (κ3) is 5.33. The van der Waals surface area contributed by atoms with Crippen molar-refractivity contribution in [2.75, 3.05) is 30.3 Å². The molecule has 1 aliphatic heterocycles. The summed E-state index contributed by atoms with van der Waals surface area (Å²) in [5.74, 6) is -1.06. The van der Waals surface area contributed by atoms with Crippen LogP contribution in [0.15, 0.2) is 41.1 Å². The lowest BCUT2D eigenvalue weighted by Gasteiger charge is -2.41. The first kappa shape index (κ1) is 25.7. The van der Waals surface area contributed by atoms with Gasteiger partial charge in [0.15, 0.2) is 5.58 Å². The zero-order valence-corrected chi connectivity index (χ0v) is 21.5. The average molecular weight is 539 g/mol. The number of halogens is 1. The number of piperazine rings is 1. The monoisotopic (exact) mass is 538 g/mol. The van der Waals surface area contributed by atoms with Crippen LogP contribution in [-0.4, -0.2) is 69.1 Å². The van der Waals surface area contributed by atoms with Crippen LogP contribution in [0.2, 0.25) is 5.02 Å². The van der Waals surface area contributed by atoms with Crippen molar-refractivity contribution in [1.29, 1.82) is 0 Å². The molecule has 2 N–H and O–H groups in total. The van der Waals surface area contributed by atoms with Gasteiger partial charge in [0.2, 0.25) is 23.5 Å². The van der Waals surface area contributed by atoms with Gasteiger partial charge in [0.25, 0.3) is 5.91 Å². The summed E-state index contributed by atoms with van der Waals surface area (Å²) < 4.78 is 5.76. The summed E-state index contributed by atoms with van der Waals surface area (Å²) in [7, 11) is 0. The van der Waals surface area contributed by atoms with Crippen molar-refractivity contribution in [3.63, 3.8) is 0 Å². The molecule has 0 atom stereocenters. The Morgan fingerprint density at radius 2 is 1.84 bits per heavy atom. The zero-order valence-electron chi connectivity index (χ0n) is 20.8. The fourth-order valence-corrected chi connectivity index (χ4v) is 5.16. The van der Waals surface area contributed by atoms with Crippen LogP contribution >= 0.6 is 11.6 Å². The van der Waals surface area contributed by atoms with Crippen LogP contribution in [0.25, 0.3) is 11.1 Å². The molecule has 4 amide bonds. The molecule has 3 aromatic heterocycles. The quantitative estimate of drug-likeness (QED) is 0.508. The molecule has 12 heteroatoms. The molecule has 11 nitrogen and oxygen atoms in total. The van der Waals surface area contributed by atoms with Crippen molar-refractivity contribution in [3.8, 4) is 0 Å². The third-order valence-electron chi connectivity index (χ3n) is 7.08. The fourth-order valence-electron chi connectivity index (χ4n) is 5.04. The molecule has 3 aromatic rings. The molecular formula is C26H27ClN6O5. The Hall–Kier alpha value is -3.99. The van der Waals surface area contributed by atoms with Gasteiger partial charge < -0.3 is 24.9 Å². The summed E-state index contributed by atoms with van der Waals surface area (Å²) in [6.07, 6.45) is 5.52. The number of carbonyl (C=O) groups is 4. The van der Waals surface area contributed by atoms with Crippen molar-refractivity contribution >= 4 is 57.8 Å². The summed E-state index contributed by atoms with van der Waals surface area (Å²) in [6, 6.07) is 6.55. The number of fused-ring (bicyclic) bond motifs is 1. The Kier molecular flexibility index (Phi) is 7.28. The minimum Gasteiger partial charge on any atom is -0.447 e. The molecular weight excluding hydrogens is 512 g/mol. The van der Waals surface area contributed by atoms with Gasteiger partial charge in [0.05, 0.1) is 11.6 Å². The molecule has 0 unspecified atom stereocenters. The maximum atomic E-state index is 13.3. The molecule has 0 aromatic carbocycles. The number of pyridine rings is 2. The third-order valence-corrected chi connectivity index (χ3v) is 7.30. The van der Waals surface area contributed by atoms with E-state index in [2.05, 4.69) is 20.6 Å². The summed E-state index contributed by atoms with van der Waals surface area (Å²) in [6.45, 7) is 2.60. The molecule has 0 radical (unpaired) electrons. The summed E-state index contributed by atoms with van der Waals surface area (Å²) in [5, 5.41) is 5.96. The van der Waals surface area contributed by atoms with Crippen LogP contribution in [0.1, 0.15) is 43.2 Å². The SMILES string of the molecule is CC(=O)N1CCN([C@H]2CC[C@H](C(=O)Nc3c(C(=O)Nc4ccc(Cl)cn4)oc4cccnc34)CC2)C(=O)C1. The van der Waals surface area contributed by atoms with Gasteiger partial charge in [-0.15, -0.1) is 0 Å². The molecule has 1 aliphatic carbocycles. The number of amides is 4. The first-order valence-corrected chi connectivity index (χ1v) is 12.8. The number of hydrogen-bond donors (Lipinski definition) is 2. The highest BCUT2D eigenvalue weighted by molar-refractivity contribution is 6.30. The number of aromatic nitrogens is 2. The Morgan fingerprint density at radius 1 is 1.05 bits per heavy atom. The van der Waals surface area contributed by atoms with Crippen molar-refractivity contribution in [1.82, 2.24) is 19.8 Å². The number of furan rings is 1. The molecule has 0 spiro atoms. The van der Waals surface area contributed by atoms with E-state index in [0.717, 1.165) is 0 Å². The first-order valence-electron chi connectivity index (χ1n) is 12.5. The van der Waals surface area contributed by atoms with Gasteiger partial charge in [-0.1, -0.05) is 11.6 Å². The van der Waals surface area contributed by atoms with E-state index >= 15 is 0 Å². The van der Waals surface area contributed by atoms with Crippen molar-refractivity contribution < 1.29 is 23.6 Å². The molecule has 5 rings (SSSR count). The van der Waals surface area contributed by atoms with Crippen LogP contribution < -0.4 is 10.6 Å². The Bertz CT molecular complexity index is 1380. The number of nitrogens with zero attached hydrogens (tertiary/aromatic N) is 4. The molecule has 198 valence electrons.